The van der Waals surface area contributed by atoms with Crippen molar-refractivity contribution in [3.8, 4) is 0 Å². The van der Waals surface area contributed by atoms with E-state index in [4.69, 9.17) is 0 Å². The molecule has 1 rings (SSSR count). The lowest BCUT2D eigenvalue weighted by molar-refractivity contribution is 0.507. The van der Waals surface area contributed by atoms with Crippen LogP contribution in [0.25, 0.3) is 0 Å². The van der Waals surface area contributed by atoms with Crippen LogP contribution in [0.2, 0.25) is 0 Å². The minimum Gasteiger partial charge on any atom is -0.333 e. The van der Waals surface area contributed by atoms with Crippen LogP contribution in [0.5, 0.6) is 0 Å². The maximum absolute atomic E-state index is 3.99. The molecule has 0 aliphatic heterocycles. The molecule has 0 saturated carbocycles. The second-order valence-corrected chi connectivity index (χ2v) is 2.81. The fourth-order valence-electron chi connectivity index (χ4n) is 1.03. The van der Waals surface area contributed by atoms with Crippen molar-refractivity contribution >= 4 is 0 Å². The van der Waals surface area contributed by atoms with Crippen molar-refractivity contribution < 1.29 is 0 Å². The van der Waals surface area contributed by atoms with Crippen molar-refractivity contribution in [2.75, 3.05) is 13.1 Å². The van der Waals surface area contributed by atoms with E-state index < -0.39 is 0 Å². The van der Waals surface area contributed by atoms with E-state index in [1.807, 2.05) is 18.6 Å². The average Bonchev–Trinajstić information content (AvgIpc) is 2.56. The first-order chi connectivity index (χ1) is 5.84. The molecule has 1 unspecified atom stereocenters. The molecule has 1 aromatic rings. The first-order valence-electron chi connectivity index (χ1n) is 4.13. The molecule has 1 heterocycles. The van der Waals surface area contributed by atoms with Gasteiger partial charge in [-0.1, -0.05) is 6.08 Å². The summed E-state index contributed by atoms with van der Waals surface area (Å²) in [5.74, 6) is 0. The second-order valence-electron chi connectivity index (χ2n) is 2.81. The minimum atomic E-state index is 0.451. The molecule has 0 aromatic carbocycles. The first kappa shape index (κ1) is 9.00. The monoisotopic (exact) mass is 165 g/mol. The molecule has 0 fully saturated rings. The van der Waals surface area contributed by atoms with Gasteiger partial charge in [-0.3, -0.25) is 0 Å². The van der Waals surface area contributed by atoms with Crippen molar-refractivity contribution in [2.24, 2.45) is 0 Å². The number of nitrogens with one attached hydrogen (secondary N) is 1. The standard InChI is InChI=1S/C9H15N3/c1-3-4-10-7-9(2)12-6-5-11-8-12/h3,5-6,8-10H,1,4,7H2,2H3. The molecule has 3 heteroatoms. The molecule has 0 radical (unpaired) electrons. The fourth-order valence-corrected chi connectivity index (χ4v) is 1.03. The normalized spacial score (nSPS) is 12.8. The van der Waals surface area contributed by atoms with Crippen LogP contribution in [0, 0.1) is 0 Å². The van der Waals surface area contributed by atoms with Crippen LogP contribution in [-0.4, -0.2) is 22.6 Å². The van der Waals surface area contributed by atoms with Gasteiger partial charge in [0.25, 0.3) is 0 Å². The van der Waals surface area contributed by atoms with E-state index >= 15 is 0 Å². The Morgan fingerprint density at radius 2 is 2.58 bits per heavy atom. The summed E-state index contributed by atoms with van der Waals surface area (Å²) < 4.78 is 2.08. The number of hydrogen-bond acceptors (Lipinski definition) is 2. The summed E-state index contributed by atoms with van der Waals surface area (Å²) in [5, 5.41) is 3.26. The Labute approximate surface area is 73.1 Å². The van der Waals surface area contributed by atoms with Crippen molar-refractivity contribution in [1.29, 1.82) is 0 Å². The van der Waals surface area contributed by atoms with E-state index in [-0.39, 0.29) is 0 Å². The van der Waals surface area contributed by atoms with Crippen molar-refractivity contribution in [3.05, 3.63) is 31.4 Å². The molecule has 12 heavy (non-hydrogen) atoms. The lowest BCUT2D eigenvalue weighted by Crippen LogP contribution is -2.22. The zero-order valence-electron chi connectivity index (χ0n) is 7.40. The van der Waals surface area contributed by atoms with Gasteiger partial charge in [-0.25, -0.2) is 4.98 Å². The van der Waals surface area contributed by atoms with Crippen LogP contribution in [0.4, 0.5) is 0 Å². The Morgan fingerprint density at radius 1 is 1.75 bits per heavy atom. The molecule has 1 aromatic heterocycles. The van der Waals surface area contributed by atoms with Crippen molar-refractivity contribution in [1.82, 2.24) is 14.9 Å². The molecule has 0 saturated heterocycles. The van der Waals surface area contributed by atoms with Crippen LogP contribution in [0.3, 0.4) is 0 Å². The maximum Gasteiger partial charge on any atom is 0.0948 e. The van der Waals surface area contributed by atoms with Crippen LogP contribution in [0.15, 0.2) is 31.4 Å². The molecular weight excluding hydrogens is 150 g/mol. The van der Waals surface area contributed by atoms with E-state index in [1.165, 1.54) is 0 Å². The van der Waals surface area contributed by atoms with Gasteiger partial charge in [-0.05, 0) is 6.92 Å². The number of hydrogen-bond donors (Lipinski definition) is 1. The molecule has 3 nitrogen and oxygen atoms in total. The van der Waals surface area contributed by atoms with Gasteiger partial charge in [0.1, 0.15) is 0 Å². The highest BCUT2D eigenvalue weighted by molar-refractivity contribution is 4.80. The second kappa shape index (κ2) is 4.72. The summed E-state index contributed by atoms with van der Waals surface area (Å²) in [4.78, 5) is 3.99. The van der Waals surface area contributed by atoms with Gasteiger partial charge < -0.3 is 9.88 Å². The van der Waals surface area contributed by atoms with E-state index in [2.05, 4.69) is 28.4 Å². The first-order valence-corrected chi connectivity index (χ1v) is 4.13. The SMILES string of the molecule is C=CCNCC(C)n1ccnc1. The van der Waals surface area contributed by atoms with Crippen LogP contribution in [0.1, 0.15) is 13.0 Å². The zero-order valence-corrected chi connectivity index (χ0v) is 7.40. The highest BCUT2D eigenvalue weighted by Gasteiger charge is 2.00. The smallest absolute Gasteiger partial charge is 0.0948 e. The Kier molecular flexibility index (Phi) is 3.54. The van der Waals surface area contributed by atoms with Crippen LogP contribution < -0.4 is 5.32 Å². The third kappa shape index (κ3) is 2.51. The summed E-state index contributed by atoms with van der Waals surface area (Å²) in [7, 11) is 0. The van der Waals surface area contributed by atoms with E-state index in [0.717, 1.165) is 13.1 Å². The zero-order chi connectivity index (χ0) is 8.81. The molecule has 0 aliphatic carbocycles. The summed E-state index contributed by atoms with van der Waals surface area (Å²) in [5.41, 5.74) is 0. The average molecular weight is 165 g/mol. The number of imidazole rings is 1. The number of aromatic nitrogens is 2. The third-order valence-corrected chi connectivity index (χ3v) is 1.76. The maximum atomic E-state index is 3.99. The Bertz CT molecular complexity index is 216. The summed E-state index contributed by atoms with van der Waals surface area (Å²) >= 11 is 0. The molecule has 0 aliphatic rings. The van der Waals surface area contributed by atoms with Crippen molar-refractivity contribution in [3.63, 3.8) is 0 Å². The van der Waals surface area contributed by atoms with Gasteiger partial charge in [0, 0.05) is 31.5 Å². The molecule has 66 valence electrons. The molecule has 1 N–H and O–H groups in total. The highest BCUT2D eigenvalue weighted by Crippen LogP contribution is 2.01. The highest BCUT2D eigenvalue weighted by atomic mass is 15.1. The van der Waals surface area contributed by atoms with E-state index in [9.17, 15) is 0 Å². The van der Waals surface area contributed by atoms with Crippen molar-refractivity contribution in [2.45, 2.75) is 13.0 Å². The topological polar surface area (TPSA) is 29.9 Å². The van der Waals surface area contributed by atoms with Gasteiger partial charge in [-0.2, -0.15) is 0 Å². The van der Waals surface area contributed by atoms with E-state index in [0.29, 0.717) is 6.04 Å². The predicted octanol–water partition coefficient (Wildman–Crippen LogP) is 1.22. The van der Waals surface area contributed by atoms with Gasteiger partial charge in [0.15, 0.2) is 0 Å². The molecule has 0 spiro atoms. The number of rotatable bonds is 5. The minimum absolute atomic E-state index is 0.451. The van der Waals surface area contributed by atoms with Gasteiger partial charge in [0.05, 0.1) is 6.33 Å². The molecule has 0 bridgehead atoms. The van der Waals surface area contributed by atoms with E-state index in [1.54, 1.807) is 6.20 Å². The number of nitrogens with zero attached hydrogens (tertiary/aromatic N) is 2. The van der Waals surface area contributed by atoms with Crippen LogP contribution >= 0.6 is 0 Å². The lowest BCUT2D eigenvalue weighted by atomic mass is 10.3. The summed E-state index contributed by atoms with van der Waals surface area (Å²) in [6.45, 7) is 7.60. The van der Waals surface area contributed by atoms with Gasteiger partial charge in [0.2, 0.25) is 0 Å². The molecule has 1 atom stereocenters. The third-order valence-electron chi connectivity index (χ3n) is 1.76. The Balaban J connectivity index is 2.29. The van der Waals surface area contributed by atoms with Gasteiger partial charge in [-0.15, -0.1) is 6.58 Å². The largest absolute Gasteiger partial charge is 0.333 e. The predicted molar refractivity (Wildman–Crippen MR) is 50.0 cm³/mol. The quantitative estimate of drug-likeness (QED) is 0.525. The van der Waals surface area contributed by atoms with Gasteiger partial charge >= 0.3 is 0 Å². The molecule has 0 amide bonds. The van der Waals surface area contributed by atoms with Crippen LogP contribution in [-0.2, 0) is 0 Å². The summed E-state index contributed by atoms with van der Waals surface area (Å²) in [6, 6.07) is 0.451. The fraction of sp³-hybridized carbons (Fsp3) is 0.444. The Morgan fingerprint density at radius 3 is 3.17 bits per heavy atom. The molecular formula is C9H15N3. The lowest BCUT2D eigenvalue weighted by Gasteiger charge is -2.12. The summed E-state index contributed by atoms with van der Waals surface area (Å²) in [6.07, 6.45) is 7.46. The Hall–Kier alpha value is -1.09.